The van der Waals surface area contributed by atoms with Crippen molar-refractivity contribution in [3.63, 3.8) is 0 Å². The lowest BCUT2D eigenvalue weighted by Crippen LogP contribution is -2.50. The summed E-state index contributed by atoms with van der Waals surface area (Å²) in [5.41, 5.74) is 6.11. The molecule has 0 bridgehead atoms. The van der Waals surface area contributed by atoms with Gasteiger partial charge in [-0.2, -0.15) is 0 Å². The van der Waals surface area contributed by atoms with Crippen LogP contribution in [0.2, 0.25) is 0 Å². The minimum absolute atomic E-state index is 0.0608. The molecule has 1 spiro atoms. The summed E-state index contributed by atoms with van der Waals surface area (Å²) in [6.07, 6.45) is 3.86. The SMILES string of the molecule is NC1CCC(O)C12CCNCC2. The Morgan fingerprint density at radius 3 is 2.42 bits per heavy atom. The number of aliphatic hydroxyl groups is 1. The zero-order chi connectivity index (χ0) is 8.60. The van der Waals surface area contributed by atoms with Gasteiger partial charge in [0.2, 0.25) is 0 Å². The van der Waals surface area contributed by atoms with Crippen LogP contribution in [0, 0.1) is 5.41 Å². The highest BCUT2D eigenvalue weighted by molar-refractivity contribution is 5.02. The second-order valence-corrected chi connectivity index (χ2v) is 4.18. The van der Waals surface area contributed by atoms with Crippen molar-refractivity contribution in [1.82, 2.24) is 5.32 Å². The van der Waals surface area contributed by atoms with E-state index < -0.39 is 0 Å². The molecule has 2 fully saturated rings. The molecule has 0 radical (unpaired) electrons. The summed E-state index contributed by atoms with van der Waals surface area (Å²) in [7, 11) is 0. The van der Waals surface area contributed by atoms with Crippen molar-refractivity contribution in [3.8, 4) is 0 Å². The Labute approximate surface area is 73.3 Å². The van der Waals surface area contributed by atoms with Crippen molar-refractivity contribution in [2.75, 3.05) is 13.1 Å². The van der Waals surface area contributed by atoms with E-state index >= 15 is 0 Å². The van der Waals surface area contributed by atoms with Crippen molar-refractivity contribution in [1.29, 1.82) is 0 Å². The smallest absolute Gasteiger partial charge is 0.0612 e. The number of nitrogens with one attached hydrogen (secondary N) is 1. The van der Waals surface area contributed by atoms with Crippen LogP contribution in [-0.4, -0.2) is 30.3 Å². The number of rotatable bonds is 0. The first-order valence-electron chi connectivity index (χ1n) is 4.90. The van der Waals surface area contributed by atoms with Gasteiger partial charge in [-0.05, 0) is 38.8 Å². The minimum atomic E-state index is -0.144. The molecule has 1 heterocycles. The van der Waals surface area contributed by atoms with Crippen LogP contribution in [0.5, 0.6) is 0 Å². The maximum absolute atomic E-state index is 9.87. The van der Waals surface area contributed by atoms with E-state index in [0.717, 1.165) is 38.8 Å². The van der Waals surface area contributed by atoms with Gasteiger partial charge in [0.15, 0.2) is 0 Å². The van der Waals surface area contributed by atoms with Gasteiger partial charge in [0.25, 0.3) is 0 Å². The number of nitrogens with two attached hydrogens (primary N) is 1. The third-order valence-electron chi connectivity index (χ3n) is 3.69. The molecule has 0 aromatic heterocycles. The largest absolute Gasteiger partial charge is 0.392 e. The molecular weight excluding hydrogens is 152 g/mol. The second kappa shape index (κ2) is 2.98. The third-order valence-corrected chi connectivity index (χ3v) is 3.69. The summed E-state index contributed by atoms with van der Waals surface area (Å²) >= 11 is 0. The molecule has 70 valence electrons. The lowest BCUT2D eigenvalue weighted by Gasteiger charge is -2.40. The quantitative estimate of drug-likeness (QED) is 0.473. The molecule has 0 aromatic rings. The van der Waals surface area contributed by atoms with E-state index in [0.29, 0.717) is 0 Å². The Morgan fingerprint density at radius 1 is 1.25 bits per heavy atom. The van der Waals surface area contributed by atoms with Gasteiger partial charge in [-0.15, -0.1) is 0 Å². The molecule has 2 unspecified atom stereocenters. The minimum Gasteiger partial charge on any atom is -0.392 e. The van der Waals surface area contributed by atoms with Gasteiger partial charge in [0.1, 0.15) is 0 Å². The molecular formula is C9H18N2O. The summed E-state index contributed by atoms with van der Waals surface area (Å²) in [4.78, 5) is 0. The van der Waals surface area contributed by atoms with Crippen LogP contribution in [0.15, 0.2) is 0 Å². The summed E-state index contributed by atoms with van der Waals surface area (Å²) in [5, 5.41) is 13.2. The van der Waals surface area contributed by atoms with Crippen LogP contribution in [0.3, 0.4) is 0 Å². The molecule has 12 heavy (non-hydrogen) atoms. The molecule has 4 N–H and O–H groups in total. The van der Waals surface area contributed by atoms with E-state index in [1.54, 1.807) is 0 Å². The number of hydrogen-bond donors (Lipinski definition) is 3. The summed E-state index contributed by atoms with van der Waals surface area (Å²) in [6.45, 7) is 2.04. The normalized spacial score (nSPS) is 40.5. The number of hydrogen-bond acceptors (Lipinski definition) is 3. The Hall–Kier alpha value is -0.120. The van der Waals surface area contributed by atoms with Gasteiger partial charge in [-0.3, -0.25) is 0 Å². The second-order valence-electron chi connectivity index (χ2n) is 4.18. The van der Waals surface area contributed by atoms with E-state index in [1.807, 2.05) is 0 Å². The maximum atomic E-state index is 9.87. The highest BCUT2D eigenvalue weighted by atomic mass is 16.3. The highest BCUT2D eigenvalue weighted by Crippen LogP contribution is 2.44. The first kappa shape index (κ1) is 8.48. The van der Waals surface area contributed by atoms with Crippen molar-refractivity contribution < 1.29 is 5.11 Å². The molecule has 2 aliphatic rings. The fraction of sp³-hybridized carbons (Fsp3) is 1.00. The van der Waals surface area contributed by atoms with Crippen molar-refractivity contribution in [2.24, 2.45) is 11.1 Å². The molecule has 1 saturated heterocycles. The van der Waals surface area contributed by atoms with Gasteiger partial charge >= 0.3 is 0 Å². The van der Waals surface area contributed by atoms with Crippen molar-refractivity contribution in [2.45, 2.75) is 37.8 Å². The average Bonchev–Trinajstić information content (AvgIpc) is 2.36. The van der Waals surface area contributed by atoms with Crippen LogP contribution in [0.25, 0.3) is 0 Å². The van der Waals surface area contributed by atoms with E-state index in [4.69, 9.17) is 5.73 Å². The number of piperidine rings is 1. The van der Waals surface area contributed by atoms with Crippen LogP contribution in [-0.2, 0) is 0 Å². The lowest BCUT2D eigenvalue weighted by atomic mass is 9.73. The first-order valence-corrected chi connectivity index (χ1v) is 4.90. The predicted octanol–water partition coefficient (Wildman–Crippen LogP) is -0.162. The van der Waals surface area contributed by atoms with Gasteiger partial charge < -0.3 is 16.2 Å². The van der Waals surface area contributed by atoms with Gasteiger partial charge in [-0.1, -0.05) is 0 Å². The van der Waals surface area contributed by atoms with Gasteiger partial charge in [-0.25, -0.2) is 0 Å². The molecule has 1 aliphatic heterocycles. The van der Waals surface area contributed by atoms with E-state index in [2.05, 4.69) is 5.32 Å². The fourth-order valence-corrected chi connectivity index (χ4v) is 2.76. The monoisotopic (exact) mass is 170 g/mol. The Bertz CT molecular complexity index is 154. The molecule has 3 nitrogen and oxygen atoms in total. The summed E-state index contributed by atoms with van der Waals surface area (Å²) in [6, 6.07) is 0.231. The molecule has 1 aliphatic carbocycles. The van der Waals surface area contributed by atoms with Crippen molar-refractivity contribution in [3.05, 3.63) is 0 Å². The Balaban J connectivity index is 2.14. The third kappa shape index (κ3) is 1.08. The Kier molecular flexibility index (Phi) is 2.10. The summed E-state index contributed by atoms with van der Waals surface area (Å²) in [5.74, 6) is 0. The molecule has 0 aromatic carbocycles. The fourth-order valence-electron chi connectivity index (χ4n) is 2.76. The zero-order valence-electron chi connectivity index (χ0n) is 7.42. The topological polar surface area (TPSA) is 58.3 Å². The Morgan fingerprint density at radius 2 is 1.92 bits per heavy atom. The lowest BCUT2D eigenvalue weighted by molar-refractivity contribution is 0.0193. The van der Waals surface area contributed by atoms with E-state index in [1.165, 1.54) is 0 Å². The predicted molar refractivity (Wildman–Crippen MR) is 47.8 cm³/mol. The molecule has 1 saturated carbocycles. The van der Waals surface area contributed by atoms with Gasteiger partial charge in [0, 0.05) is 11.5 Å². The van der Waals surface area contributed by atoms with Crippen LogP contribution < -0.4 is 11.1 Å². The van der Waals surface area contributed by atoms with Crippen molar-refractivity contribution >= 4 is 0 Å². The molecule has 2 rings (SSSR count). The number of aliphatic hydroxyl groups excluding tert-OH is 1. The van der Waals surface area contributed by atoms with Gasteiger partial charge in [0.05, 0.1) is 6.10 Å². The van der Waals surface area contributed by atoms with E-state index in [9.17, 15) is 5.11 Å². The zero-order valence-corrected chi connectivity index (χ0v) is 7.42. The van der Waals surface area contributed by atoms with Crippen LogP contribution in [0.1, 0.15) is 25.7 Å². The average molecular weight is 170 g/mol. The standard InChI is InChI=1S/C9H18N2O/c10-7-1-2-8(12)9(7)3-5-11-6-4-9/h7-8,11-12H,1-6,10H2. The maximum Gasteiger partial charge on any atom is 0.0612 e. The highest BCUT2D eigenvalue weighted by Gasteiger charge is 2.47. The molecule has 0 amide bonds. The van der Waals surface area contributed by atoms with Crippen LogP contribution >= 0.6 is 0 Å². The first-order chi connectivity index (χ1) is 5.76. The van der Waals surface area contributed by atoms with E-state index in [-0.39, 0.29) is 17.6 Å². The molecule has 2 atom stereocenters. The summed E-state index contributed by atoms with van der Waals surface area (Å²) < 4.78 is 0. The molecule has 3 heteroatoms. The van der Waals surface area contributed by atoms with Crippen LogP contribution in [0.4, 0.5) is 0 Å².